The minimum absolute atomic E-state index is 0.00302. The van der Waals surface area contributed by atoms with E-state index in [-0.39, 0.29) is 11.7 Å². The van der Waals surface area contributed by atoms with E-state index in [0.29, 0.717) is 0 Å². The highest BCUT2D eigenvalue weighted by molar-refractivity contribution is 7.82. The van der Waals surface area contributed by atoms with Crippen LogP contribution in [0, 0.1) is 5.92 Å². The van der Waals surface area contributed by atoms with Gasteiger partial charge in [0.2, 0.25) is 5.78 Å². The van der Waals surface area contributed by atoms with Crippen LogP contribution in [0.1, 0.15) is 53.9 Å². The average molecular weight is 321 g/mol. The van der Waals surface area contributed by atoms with Gasteiger partial charge < -0.3 is 5.53 Å². The molecule has 2 atom stereocenters. The fourth-order valence-corrected chi connectivity index (χ4v) is 2.39. The maximum atomic E-state index is 11.9. The first-order valence-corrected chi connectivity index (χ1v) is 8.15. The largest absolute Gasteiger partial charge is 0.361 e. The summed E-state index contributed by atoms with van der Waals surface area (Å²) in [5.41, 5.74) is 12.3. The molecule has 0 rings (SSSR count). The average Bonchev–Trinajstić information content (AvgIpc) is 2.45. The number of thiol groups is 1. The van der Waals surface area contributed by atoms with Crippen LogP contribution < -0.4 is 0 Å². The Labute approximate surface area is 140 Å². The molecule has 4 heteroatoms. The molecule has 0 saturated heterocycles. The van der Waals surface area contributed by atoms with Crippen LogP contribution in [0.15, 0.2) is 34.9 Å². The smallest absolute Gasteiger partial charge is 0.324 e. The monoisotopic (exact) mass is 320 g/mol. The van der Waals surface area contributed by atoms with Crippen molar-refractivity contribution in [2.24, 2.45) is 5.92 Å². The number of carbonyl (C=O) groups excluding carboxylic acids is 1. The molecule has 0 spiro atoms. The second-order valence-electron chi connectivity index (χ2n) is 5.93. The van der Waals surface area contributed by atoms with Crippen LogP contribution in [0.3, 0.4) is 0 Å². The fourth-order valence-electron chi connectivity index (χ4n) is 2.13. The summed E-state index contributed by atoms with van der Waals surface area (Å²) in [6.07, 6.45) is 10.1. The number of nitrogens with zero attached hydrogens (tertiary/aromatic N) is 2. The summed E-state index contributed by atoms with van der Waals surface area (Å²) in [5, 5.41) is -0.496. The van der Waals surface area contributed by atoms with E-state index >= 15 is 0 Å². The Hall–Kier alpha value is -1.38. The van der Waals surface area contributed by atoms with Gasteiger partial charge in [-0.25, -0.2) is 0 Å². The van der Waals surface area contributed by atoms with Crippen molar-refractivity contribution in [3.8, 4) is 0 Å². The Kier molecular flexibility index (Phi) is 10.5. The molecule has 0 aromatic rings. The predicted molar refractivity (Wildman–Crippen MR) is 97.4 cm³/mol. The van der Waals surface area contributed by atoms with Crippen molar-refractivity contribution in [1.29, 1.82) is 0 Å². The van der Waals surface area contributed by atoms with Gasteiger partial charge in [-0.1, -0.05) is 34.9 Å². The van der Waals surface area contributed by atoms with Crippen LogP contribution in [0.4, 0.5) is 0 Å². The summed E-state index contributed by atoms with van der Waals surface area (Å²) in [6.45, 7) is 10.3. The minimum Gasteiger partial charge on any atom is -0.361 e. The van der Waals surface area contributed by atoms with Crippen LogP contribution >= 0.6 is 12.6 Å². The summed E-state index contributed by atoms with van der Waals surface area (Å²) in [6, 6.07) is 0. The molecule has 0 bridgehead atoms. The van der Waals surface area contributed by atoms with Gasteiger partial charge in [0.05, 0.1) is 5.25 Å². The van der Waals surface area contributed by atoms with Crippen molar-refractivity contribution in [1.82, 2.24) is 0 Å². The van der Waals surface area contributed by atoms with E-state index in [4.69, 9.17) is 5.53 Å². The van der Waals surface area contributed by atoms with Gasteiger partial charge in [0.1, 0.15) is 0 Å². The molecule has 0 fully saturated rings. The zero-order chi connectivity index (χ0) is 17.1. The van der Waals surface area contributed by atoms with Crippen LogP contribution in [-0.2, 0) is 4.79 Å². The van der Waals surface area contributed by atoms with Crippen molar-refractivity contribution in [3.63, 3.8) is 0 Å². The van der Waals surface area contributed by atoms with Crippen LogP contribution in [-0.4, -0.2) is 22.0 Å². The molecule has 22 heavy (non-hydrogen) atoms. The van der Waals surface area contributed by atoms with Crippen LogP contribution in [0.5, 0.6) is 0 Å². The van der Waals surface area contributed by atoms with Crippen LogP contribution in [0.25, 0.3) is 5.53 Å². The number of allylic oxidation sites excluding steroid dienone is 6. The molecule has 0 amide bonds. The lowest BCUT2D eigenvalue weighted by molar-refractivity contribution is -0.116. The zero-order valence-electron chi connectivity index (χ0n) is 14.3. The molecule has 0 saturated carbocycles. The van der Waals surface area contributed by atoms with E-state index in [9.17, 15) is 4.79 Å². The topological polar surface area (TPSA) is 53.5 Å². The molecule has 2 unspecified atom stereocenters. The Balaban J connectivity index is 5.10. The number of carbonyl (C=O) groups is 1. The quantitative estimate of drug-likeness (QED) is 0.214. The van der Waals surface area contributed by atoms with E-state index < -0.39 is 5.25 Å². The fraction of sp³-hybridized carbons (Fsp3) is 0.556. The van der Waals surface area contributed by atoms with Crippen molar-refractivity contribution >= 4 is 24.6 Å². The van der Waals surface area contributed by atoms with Gasteiger partial charge in [-0.2, -0.15) is 17.4 Å². The van der Waals surface area contributed by atoms with Crippen molar-refractivity contribution < 1.29 is 9.58 Å². The molecule has 0 aromatic heterocycles. The number of ketones is 1. The molecule has 0 radical (unpaired) electrons. The molecule has 0 aliphatic rings. The summed E-state index contributed by atoms with van der Waals surface area (Å²) < 4.78 is 0. The highest BCUT2D eigenvalue weighted by Gasteiger charge is 2.24. The van der Waals surface area contributed by atoms with Gasteiger partial charge in [0, 0.05) is 0 Å². The molecular weight excluding hydrogens is 292 g/mol. The number of rotatable bonds is 9. The first kappa shape index (κ1) is 20.6. The van der Waals surface area contributed by atoms with Gasteiger partial charge in [0.15, 0.2) is 0 Å². The Morgan fingerprint density at radius 3 is 2.36 bits per heavy atom. The Bertz CT molecular complexity index is 507. The lowest BCUT2D eigenvalue weighted by Gasteiger charge is -2.18. The third kappa shape index (κ3) is 8.81. The summed E-state index contributed by atoms with van der Waals surface area (Å²) in [7, 11) is 0. The molecule has 0 aromatic carbocycles. The van der Waals surface area contributed by atoms with Gasteiger partial charge >= 0.3 is 6.21 Å². The highest BCUT2D eigenvalue weighted by atomic mass is 32.1. The molecule has 0 aliphatic carbocycles. The van der Waals surface area contributed by atoms with Gasteiger partial charge in [-0.05, 0) is 59.8 Å². The molecule has 0 aliphatic heterocycles. The van der Waals surface area contributed by atoms with Crippen LogP contribution in [0.2, 0.25) is 0 Å². The van der Waals surface area contributed by atoms with Gasteiger partial charge in [-0.15, -0.1) is 0 Å². The van der Waals surface area contributed by atoms with E-state index in [1.54, 1.807) is 0 Å². The van der Waals surface area contributed by atoms with E-state index in [1.165, 1.54) is 16.7 Å². The first-order chi connectivity index (χ1) is 10.3. The maximum absolute atomic E-state index is 11.9. The molecule has 0 heterocycles. The summed E-state index contributed by atoms with van der Waals surface area (Å²) in [5.74, 6) is -0.273. The second kappa shape index (κ2) is 11.2. The van der Waals surface area contributed by atoms with Gasteiger partial charge in [-0.3, -0.25) is 4.79 Å². The molecule has 3 nitrogen and oxygen atoms in total. The van der Waals surface area contributed by atoms with Crippen molar-refractivity contribution in [2.75, 3.05) is 0 Å². The zero-order valence-corrected chi connectivity index (χ0v) is 15.2. The van der Waals surface area contributed by atoms with E-state index in [2.05, 4.69) is 50.3 Å². The number of Topliss-reactive ketones (excluding diaryl/α,β-unsaturated/α-hetero) is 1. The molecular formula is C18H28N2OS. The van der Waals surface area contributed by atoms with Crippen molar-refractivity contribution in [3.05, 3.63) is 40.5 Å². The molecule has 122 valence electrons. The lowest BCUT2D eigenvalue weighted by Crippen LogP contribution is -2.25. The SMILES string of the molecule is CC=C(C)CC(C=C(C)CCC=C(C)C)C(S)C(=O)C=[N+]=[N-]. The Morgan fingerprint density at radius 1 is 1.23 bits per heavy atom. The third-order valence-corrected chi connectivity index (χ3v) is 4.16. The van der Waals surface area contributed by atoms with Crippen molar-refractivity contribution in [2.45, 2.75) is 59.1 Å². The highest BCUT2D eigenvalue weighted by Crippen LogP contribution is 2.24. The maximum Gasteiger partial charge on any atom is 0.324 e. The third-order valence-electron chi connectivity index (χ3n) is 3.52. The van der Waals surface area contributed by atoms with E-state index in [1.807, 2.05) is 19.9 Å². The number of hydrogen-bond acceptors (Lipinski definition) is 2. The van der Waals surface area contributed by atoms with E-state index in [0.717, 1.165) is 25.5 Å². The first-order valence-electron chi connectivity index (χ1n) is 7.63. The lowest BCUT2D eigenvalue weighted by atomic mass is 9.91. The van der Waals surface area contributed by atoms with Gasteiger partial charge in [0.25, 0.3) is 0 Å². The molecule has 0 N–H and O–H groups in total. The summed E-state index contributed by atoms with van der Waals surface area (Å²) in [4.78, 5) is 14.7. The predicted octanol–water partition coefficient (Wildman–Crippen LogP) is 4.82. The minimum atomic E-state index is -0.496. The second-order valence-corrected chi connectivity index (χ2v) is 6.48. The summed E-state index contributed by atoms with van der Waals surface area (Å²) >= 11 is 4.43. The number of hydrogen-bond donors (Lipinski definition) is 1. The standard InChI is InChI=1S/C18H28N2OS/c1-6-14(4)10-16(18(22)17(21)12-20-19)11-15(5)9-7-8-13(2)3/h6,8,11-12,16,18,22H,7,9-10H2,1-5H3. The normalized spacial score (nSPS) is 14.8. The Morgan fingerprint density at radius 2 is 1.86 bits per heavy atom.